The lowest BCUT2D eigenvalue weighted by molar-refractivity contribution is -0.119. The minimum Gasteiger partial charge on any atom is -0.459 e. The van der Waals surface area contributed by atoms with Gasteiger partial charge >= 0.3 is 0 Å². The van der Waals surface area contributed by atoms with Gasteiger partial charge in [0.1, 0.15) is 11.3 Å². The Morgan fingerprint density at radius 2 is 1.78 bits per heavy atom. The second-order valence-corrected chi connectivity index (χ2v) is 7.45. The molecule has 0 aliphatic heterocycles. The van der Waals surface area contributed by atoms with Gasteiger partial charge in [-0.3, -0.25) is 9.59 Å². The van der Waals surface area contributed by atoms with E-state index < -0.39 is 0 Å². The summed E-state index contributed by atoms with van der Waals surface area (Å²) in [5.74, 6) is 0.774. The monoisotopic (exact) mass is 402 g/mol. The predicted molar refractivity (Wildman–Crippen MR) is 110 cm³/mol. The molecule has 0 saturated carbocycles. The lowest BCUT2D eigenvalue weighted by Crippen LogP contribution is -2.28. The molecule has 2 N–H and O–H groups in total. The summed E-state index contributed by atoms with van der Waals surface area (Å²) in [7, 11) is 0. The zero-order valence-corrected chi connectivity index (χ0v) is 16.3. The fraction of sp³-hybridized carbons (Fsp3) is 0.200. The van der Waals surface area contributed by atoms with Crippen LogP contribution in [0.2, 0.25) is 5.02 Å². The van der Waals surface area contributed by atoms with Crippen molar-refractivity contribution in [1.29, 1.82) is 0 Å². The first kappa shape index (κ1) is 19.3. The van der Waals surface area contributed by atoms with Crippen LogP contribution in [-0.4, -0.2) is 23.3 Å². The summed E-state index contributed by atoms with van der Waals surface area (Å²) in [5, 5.41) is 7.26. The zero-order valence-electron chi connectivity index (χ0n) is 14.7. The van der Waals surface area contributed by atoms with E-state index in [2.05, 4.69) is 10.6 Å². The van der Waals surface area contributed by atoms with E-state index >= 15 is 0 Å². The van der Waals surface area contributed by atoms with Gasteiger partial charge in [0.2, 0.25) is 11.8 Å². The van der Waals surface area contributed by atoms with Gasteiger partial charge in [0, 0.05) is 16.1 Å². The molecule has 0 unspecified atom stereocenters. The van der Waals surface area contributed by atoms with Crippen LogP contribution in [0.5, 0.6) is 0 Å². The molecule has 3 rings (SSSR count). The predicted octanol–water partition coefficient (Wildman–Crippen LogP) is 4.64. The highest BCUT2D eigenvalue weighted by molar-refractivity contribution is 8.00. The molecule has 0 spiro atoms. The maximum absolute atomic E-state index is 12.1. The Hall–Kier alpha value is -2.44. The first-order chi connectivity index (χ1) is 13.0. The van der Waals surface area contributed by atoms with E-state index in [1.807, 2.05) is 37.3 Å². The van der Waals surface area contributed by atoms with Gasteiger partial charge in [-0.05, 0) is 43.3 Å². The van der Waals surface area contributed by atoms with Crippen LogP contribution in [0.25, 0.3) is 11.0 Å². The van der Waals surface area contributed by atoms with Crippen LogP contribution in [0.1, 0.15) is 18.7 Å². The molecule has 1 heterocycles. The van der Waals surface area contributed by atoms with Crippen molar-refractivity contribution >= 4 is 51.8 Å². The molecule has 1 atom stereocenters. The molecule has 0 radical (unpaired) electrons. The highest BCUT2D eigenvalue weighted by Crippen LogP contribution is 2.23. The molecule has 0 bridgehead atoms. The lowest BCUT2D eigenvalue weighted by Gasteiger charge is -2.11. The summed E-state index contributed by atoms with van der Waals surface area (Å²) in [4.78, 5) is 24.0. The standard InChI is InChI=1S/C20H19ClN2O3S/c1-13(18-10-14-4-2-3-5-17(14)26-18)22-19(24)11-27-12-20(25)23-16-8-6-15(21)7-9-16/h2-10,13H,11-12H2,1H3,(H,22,24)(H,23,25)/t13-/m1/s1. The van der Waals surface area contributed by atoms with Crippen molar-refractivity contribution in [2.24, 2.45) is 0 Å². The average molecular weight is 403 g/mol. The Morgan fingerprint density at radius 3 is 2.52 bits per heavy atom. The third-order valence-electron chi connectivity index (χ3n) is 3.84. The number of rotatable bonds is 7. The second kappa shape index (κ2) is 8.97. The third kappa shape index (κ3) is 5.52. The van der Waals surface area contributed by atoms with Crippen LogP contribution >= 0.6 is 23.4 Å². The number of benzene rings is 2. The normalized spacial score (nSPS) is 11.9. The van der Waals surface area contributed by atoms with E-state index in [9.17, 15) is 9.59 Å². The van der Waals surface area contributed by atoms with E-state index in [4.69, 9.17) is 16.0 Å². The summed E-state index contributed by atoms with van der Waals surface area (Å²) < 4.78 is 5.75. The molecule has 27 heavy (non-hydrogen) atoms. The SMILES string of the molecule is C[C@@H](NC(=O)CSCC(=O)Nc1ccc(Cl)cc1)c1cc2ccccc2o1. The van der Waals surface area contributed by atoms with E-state index in [0.29, 0.717) is 16.5 Å². The zero-order chi connectivity index (χ0) is 19.2. The minimum atomic E-state index is -0.242. The van der Waals surface area contributed by atoms with Crippen LogP contribution in [0.4, 0.5) is 5.69 Å². The van der Waals surface area contributed by atoms with Gasteiger partial charge in [0.15, 0.2) is 0 Å². The van der Waals surface area contributed by atoms with Gasteiger partial charge in [0.05, 0.1) is 17.5 Å². The molecule has 0 fully saturated rings. The Bertz CT molecular complexity index is 907. The van der Waals surface area contributed by atoms with E-state index in [0.717, 1.165) is 11.0 Å². The summed E-state index contributed by atoms with van der Waals surface area (Å²) in [6.45, 7) is 1.87. The maximum Gasteiger partial charge on any atom is 0.234 e. The number of amides is 2. The molecule has 5 nitrogen and oxygen atoms in total. The minimum absolute atomic E-state index is 0.146. The third-order valence-corrected chi connectivity index (χ3v) is 5.03. The number of hydrogen-bond donors (Lipinski definition) is 2. The first-order valence-electron chi connectivity index (χ1n) is 8.42. The number of hydrogen-bond acceptors (Lipinski definition) is 4. The highest BCUT2D eigenvalue weighted by atomic mass is 35.5. The highest BCUT2D eigenvalue weighted by Gasteiger charge is 2.14. The van der Waals surface area contributed by atoms with Crippen molar-refractivity contribution in [3.8, 4) is 0 Å². The molecule has 0 saturated heterocycles. The lowest BCUT2D eigenvalue weighted by atomic mass is 10.2. The number of fused-ring (bicyclic) bond motifs is 1. The second-order valence-electron chi connectivity index (χ2n) is 6.02. The average Bonchev–Trinajstić information content (AvgIpc) is 3.08. The number of nitrogens with one attached hydrogen (secondary N) is 2. The molecule has 7 heteroatoms. The molecule has 2 aromatic carbocycles. The number of halogens is 1. The Balaban J connectivity index is 1.42. The van der Waals surface area contributed by atoms with Gasteiger partial charge in [-0.2, -0.15) is 0 Å². The van der Waals surface area contributed by atoms with Crippen LogP contribution in [-0.2, 0) is 9.59 Å². The summed E-state index contributed by atoms with van der Waals surface area (Å²) in [5.41, 5.74) is 1.47. The van der Waals surface area contributed by atoms with Crippen molar-refractivity contribution in [3.05, 3.63) is 65.4 Å². The molecule has 2 amide bonds. The smallest absolute Gasteiger partial charge is 0.234 e. The topological polar surface area (TPSA) is 71.3 Å². The Labute approximate surface area is 166 Å². The van der Waals surface area contributed by atoms with Crippen molar-refractivity contribution in [2.45, 2.75) is 13.0 Å². The number of carbonyl (C=O) groups excluding carboxylic acids is 2. The van der Waals surface area contributed by atoms with Crippen molar-refractivity contribution in [3.63, 3.8) is 0 Å². The molecule has 140 valence electrons. The molecule has 0 aliphatic rings. The van der Waals surface area contributed by atoms with Crippen molar-refractivity contribution in [1.82, 2.24) is 5.32 Å². The van der Waals surface area contributed by atoms with Crippen molar-refractivity contribution in [2.75, 3.05) is 16.8 Å². The van der Waals surface area contributed by atoms with Gasteiger partial charge in [0.25, 0.3) is 0 Å². The van der Waals surface area contributed by atoms with Crippen LogP contribution in [0.15, 0.2) is 59.0 Å². The number of anilines is 1. The molecular weight excluding hydrogens is 384 g/mol. The van der Waals surface area contributed by atoms with Crippen LogP contribution in [0, 0.1) is 0 Å². The molecule has 3 aromatic rings. The quantitative estimate of drug-likeness (QED) is 0.604. The summed E-state index contributed by atoms with van der Waals surface area (Å²) in [6.07, 6.45) is 0. The number of furan rings is 1. The van der Waals surface area contributed by atoms with E-state index in [1.54, 1.807) is 24.3 Å². The van der Waals surface area contributed by atoms with Crippen LogP contribution < -0.4 is 10.6 Å². The fourth-order valence-electron chi connectivity index (χ4n) is 2.54. The van der Waals surface area contributed by atoms with Crippen molar-refractivity contribution < 1.29 is 14.0 Å². The summed E-state index contributed by atoms with van der Waals surface area (Å²) >= 11 is 7.06. The fourth-order valence-corrected chi connectivity index (χ4v) is 3.29. The molecule has 0 aliphatic carbocycles. The van der Waals surface area contributed by atoms with Gasteiger partial charge in [-0.1, -0.05) is 29.8 Å². The Kier molecular flexibility index (Phi) is 6.42. The number of para-hydroxylation sites is 1. The van der Waals surface area contributed by atoms with Gasteiger partial charge in [-0.25, -0.2) is 0 Å². The summed E-state index contributed by atoms with van der Waals surface area (Å²) in [6, 6.07) is 16.3. The largest absolute Gasteiger partial charge is 0.459 e. The van der Waals surface area contributed by atoms with Gasteiger partial charge in [-0.15, -0.1) is 11.8 Å². The van der Waals surface area contributed by atoms with E-state index in [-0.39, 0.29) is 29.4 Å². The number of thioether (sulfide) groups is 1. The Morgan fingerprint density at radius 1 is 1.07 bits per heavy atom. The maximum atomic E-state index is 12.1. The first-order valence-corrected chi connectivity index (χ1v) is 9.95. The van der Waals surface area contributed by atoms with Gasteiger partial charge < -0.3 is 15.1 Å². The molecule has 1 aromatic heterocycles. The molecular formula is C20H19ClN2O3S. The van der Waals surface area contributed by atoms with E-state index in [1.165, 1.54) is 11.8 Å². The van der Waals surface area contributed by atoms with Crippen LogP contribution in [0.3, 0.4) is 0 Å². The number of carbonyl (C=O) groups is 2.